The molecule has 1 amide bonds. The molecule has 0 saturated heterocycles. The van der Waals surface area contributed by atoms with Crippen molar-refractivity contribution in [1.82, 2.24) is 10.4 Å². The Labute approximate surface area is 132 Å². The molecule has 0 unspecified atom stereocenters. The topological polar surface area (TPSA) is 63.2 Å². The molecule has 1 heterocycles. The Hall–Kier alpha value is -3.15. The number of benzene rings is 2. The van der Waals surface area contributed by atoms with Crippen LogP contribution in [0.5, 0.6) is 5.88 Å². The van der Waals surface area contributed by atoms with Gasteiger partial charge in [0.25, 0.3) is 5.91 Å². The van der Waals surface area contributed by atoms with Crippen molar-refractivity contribution in [2.24, 2.45) is 0 Å². The van der Waals surface area contributed by atoms with Crippen LogP contribution in [0, 0.1) is 5.82 Å². The molecule has 0 aliphatic carbocycles. The lowest BCUT2D eigenvalue weighted by atomic mass is 10.1. The van der Waals surface area contributed by atoms with Gasteiger partial charge in [0, 0.05) is 11.6 Å². The number of rotatable bonds is 4. The summed E-state index contributed by atoms with van der Waals surface area (Å²) in [5.41, 5.74) is 5.95. The van der Waals surface area contributed by atoms with E-state index in [2.05, 4.69) is 15.8 Å². The summed E-state index contributed by atoms with van der Waals surface area (Å²) < 4.78 is 18.3. The number of hydrazine groups is 1. The van der Waals surface area contributed by atoms with Gasteiger partial charge in [-0.25, -0.2) is 9.37 Å². The maximum absolute atomic E-state index is 13.5. The summed E-state index contributed by atoms with van der Waals surface area (Å²) in [5, 5.41) is 2.02. The number of nitrogens with one attached hydrogen (secondary N) is 2. The van der Waals surface area contributed by atoms with Crippen molar-refractivity contribution in [1.29, 1.82) is 0 Å². The number of amides is 1. The lowest BCUT2D eigenvalue weighted by Gasteiger charge is -2.09. The Bertz CT molecular complexity index is 867. The highest BCUT2D eigenvalue weighted by atomic mass is 19.1. The molecule has 2 aromatic carbocycles. The van der Waals surface area contributed by atoms with Crippen molar-refractivity contribution < 1.29 is 13.9 Å². The van der Waals surface area contributed by atoms with Crippen LogP contribution in [0.3, 0.4) is 0 Å². The van der Waals surface area contributed by atoms with Gasteiger partial charge in [-0.15, -0.1) is 0 Å². The minimum atomic E-state index is -0.613. The smallest absolute Gasteiger partial charge is 0.269 e. The van der Waals surface area contributed by atoms with Gasteiger partial charge in [-0.3, -0.25) is 15.6 Å². The van der Waals surface area contributed by atoms with Crippen molar-refractivity contribution in [3.63, 3.8) is 0 Å². The van der Waals surface area contributed by atoms with E-state index < -0.39 is 5.82 Å². The minimum absolute atomic E-state index is 0.101. The van der Waals surface area contributed by atoms with E-state index >= 15 is 0 Å². The second-order valence-electron chi connectivity index (χ2n) is 4.86. The Morgan fingerprint density at radius 3 is 2.65 bits per heavy atom. The van der Waals surface area contributed by atoms with Gasteiger partial charge in [0.05, 0.1) is 19.0 Å². The molecule has 0 bridgehead atoms. The van der Waals surface area contributed by atoms with Gasteiger partial charge in [0.15, 0.2) is 5.82 Å². The summed E-state index contributed by atoms with van der Waals surface area (Å²) in [6, 6.07) is 14.3. The third kappa shape index (κ3) is 3.21. The van der Waals surface area contributed by atoms with E-state index in [1.807, 2.05) is 30.3 Å². The number of carbonyl (C=O) groups is 1. The number of ether oxygens (including phenoxy) is 1. The molecular weight excluding hydrogens is 297 g/mol. The minimum Gasteiger partial charge on any atom is -0.479 e. The van der Waals surface area contributed by atoms with Gasteiger partial charge in [-0.05, 0) is 22.9 Å². The molecule has 5 nitrogen and oxygen atoms in total. The van der Waals surface area contributed by atoms with Crippen molar-refractivity contribution >= 4 is 22.4 Å². The molecule has 0 spiro atoms. The molecule has 0 fully saturated rings. The van der Waals surface area contributed by atoms with Crippen LogP contribution in [0.1, 0.15) is 10.4 Å². The standard InChI is InChI=1S/C17H14FN3O2/c1-23-17-15(18)9-14(10-19-17)20-21-16(22)13-7-6-11-4-2-3-5-12(11)8-13/h2-10,20H,1H3,(H,21,22). The highest BCUT2D eigenvalue weighted by Gasteiger charge is 2.08. The number of fused-ring (bicyclic) bond motifs is 1. The van der Waals surface area contributed by atoms with Crippen LogP contribution in [0.25, 0.3) is 10.8 Å². The maximum atomic E-state index is 13.5. The molecule has 0 aliphatic rings. The first kappa shape index (κ1) is 14.8. The van der Waals surface area contributed by atoms with Crippen LogP contribution in [0.4, 0.5) is 10.1 Å². The number of nitrogens with zero attached hydrogens (tertiary/aromatic N) is 1. The van der Waals surface area contributed by atoms with Gasteiger partial charge in [-0.2, -0.15) is 0 Å². The highest BCUT2D eigenvalue weighted by molar-refractivity contribution is 5.99. The van der Waals surface area contributed by atoms with Crippen LogP contribution in [0.15, 0.2) is 54.7 Å². The van der Waals surface area contributed by atoms with Gasteiger partial charge in [0.1, 0.15) is 0 Å². The Morgan fingerprint density at radius 2 is 1.91 bits per heavy atom. The summed E-state index contributed by atoms with van der Waals surface area (Å²) in [6.07, 6.45) is 1.36. The van der Waals surface area contributed by atoms with Crippen molar-refractivity contribution in [2.45, 2.75) is 0 Å². The van der Waals surface area contributed by atoms with E-state index in [0.29, 0.717) is 11.3 Å². The van der Waals surface area contributed by atoms with Crippen LogP contribution < -0.4 is 15.6 Å². The molecule has 0 saturated carbocycles. The first-order valence-electron chi connectivity index (χ1n) is 6.92. The number of halogens is 1. The number of anilines is 1. The lowest BCUT2D eigenvalue weighted by Crippen LogP contribution is -2.29. The number of hydrogen-bond acceptors (Lipinski definition) is 4. The maximum Gasteiger partial charge on any atom is 0.269 e. The number of aromatic nitrogens is 1. The Morgan fingerprint density at radius 1 is 1.13 bits per heavy atom. The monoisotopic (exact) mass is 311 g/mol. The van der Waals surface area contributed by atoms with Gasteiger partial charge < -0.3 is 4.74 Å². The normalized spacial score (nSPS) is 10.3. The van der Waals surface area contributed by atoms with Gasteiger partial charge in [-0.1, -0.05) is 30.3 Å². The largest absolute Gasteiger partial charge is 0.479 e. The van der Waals surface area contributed by atoms with Crippen LogP contribution >= 0.6 is 0 Å². The van der Waals surface area contributed by atoms with Crippen LogP contribution in [-0.2, 0) is 0 Å². The zero-order valence-corrected chi connectivity index (χ0v) is 12.3. The molecule has 116 valence electrons. The third-order valence-corrected chi connectivity index (χ3v) is 3.33. The molecule has 6 heteroatoms. The molecular formula is C17H14FN3O2. The molecule has 0 radical (unpaired) electrons. The molecule has 3 rings (SSSR count). The fraction of sp³-hybridized carbons (Fsp3) is 0.0588. The summed E-state index contributed by atoms with van der Waals surface area (Å²) in [5.74, 6) is -1.04. The summed E-state index contributed by atoms with van der Waals surface area (Å²) in [4.78, 5) is 15.9. The van der Waals surface area contributed by atoms with Gasteiger partial charge >= 0.3 is 0 Å². The van der Waals surface area contributed by atoms with Gasteiger partial charge in [0.2, 0.25) is 5.88 Å². The highest BCUT2D eigenvalue weighted by Crippen LogP contribution is 2.17. The Kier molecular flexibility index (Phi) is 4.05. The molecule has 23 heavy (non-hydrogen) atoms. The number of carbonyl (C=O) groups excluding carboxylic acids is 1. The molecule has 0 aliphatic heterocycles. The van der Waals surface area contributed by atoms with E-state index in [-0.39, 0.29) is 11.8 Å². The number of hydrogen-bond donors (Lipinski definition) is 2. The number of pyridine rings is 1. The fourth-order valence-electron chi connectivity index (χ4n) is 2.18. The van der Waals surface area contributed by atoms with Crippen molar-refractivity contribution in [3.8, 4) is 5.88 Å². The average molecular weight is 311 g/mol. The van der Waals surface area contributed by atoms with E-state index in [1.165, 1.54) is 19.4 Å². The zero-order chi connectivity index (χ0) is 16.2. The van der Waals surface area contributed by atoms with Crippen molar-refractivity contribution in [2.75, 3.05) is 12.5 Å². The van der Waals surface area contributed by atoms with Crippen LogP contribution in [0.2, 0.25) is 0 Å². The predicted molar refractivity (Wildman–Crippen MR) is 85.8 cm³/mol. The molecule has 2 N–H and O–H groups in total. The lowest BCUT2D eigenvalue weighted by molar-refractivity contribution is 0.0963. The second-order valence-corrected chi connectivity index (χ2v) is 4.86. The fourth-order valence-corrected chi connectivity index (χ4v) is 2.18. The Balaban J connectivity index is 1.72. The summed E-state index contributed by atoms with van der Waals surface area (Å²) in [6.45, 7) is 0. The predicted octanol–water partition coefficient (Wildman–Crippen LogP) is 3.14. The average Bonchev–Trinajstić information content (AvgIpc) is 2.59. The van der Waals surface area contributed by atoms with Crippen molar-refractivity contribution in [3.05, 3.63) is 66.1 Å². The van der Waals surface area contributed by atoms with E-state index in [9.17, 15) is 9.18 Å². The van der Waals surface area contributed by atoms with E-state index in [1.54, 1.807) is 12.1 Å². The molecule has 0 atom stereocenters. The zero-order valence-electron chi connectivity index (χ0n) is 12.3. The first-order valence-corrected chi connectivity index (χ1v) is 6.92. The van der Waals surface area contributed by atoms with E-state index in [4.69, 9.17) is 4.74 Å². The van der Waals surface area contributed by atoms with E-state index in [0.717, 1.165) is 10.8 Å². The third-order valence-electron chi connectivity index (χ3n) is 3.33. The quantitative estimate of drug-likeness (QED) is 0.727. The first-order chi connectivity index (χ1) is 11.2. The second kappa shape index (κ2) is 6.31. The van der Waals surface area contributed by atoms with Crippen LogP contribution in [-0.4, -0.2) is 18.0 Å². The summed E-state index contributed by atoms with van der Waals surface area (Å²) >= 11 is 0. The molecule has 3 aromatic rings. The SMILES string of the molecule is COc1ncc(NNC(=O)c2ccc3ccccc3c2)cc1F. The number of methoxy groups -OCH3 is 1. The summed E-state index contributed by atoms with van der Waals surface area (Å²) in [7, 11) is 1.33. The molecule has 1 aromatic heterocycles.